The number of hydrogen-bond acceptors (Lipinski definition) is 1. The van der Waals surface area contributed by atoms with Crippen LogP contribution >= 0.6 is 15.9 Å². The maximum Gasteiger partial charge on any atom is 0.0294 e. The van der Waals surface area contributed by atoms with Crippen molar-refractivity contribution in [3.05, 3.63) is 69.7 Å². The zero-order valence-corrected chi connectivity index (χ0v) is 13.4. The molecule has 2 aromatic rings. The third kappa shape index (κ3) is 3.50. The Hall–Kier alpha value is -1.12. The number of halogens is 1. The van der Waals surface area contributed by atoms with E-state index >= 15 is 0 Å². The van der Waals surface area contributed by atoms with Crippen LogP contribution in [0.15, 0.2) is 53.0 Å². The van der Waals surface area contributed by atoms with Crippen LogP contribution in [0.4, 0.5) is 0 Å². The molecule has 0 aromatic heterocycles. The minimum atomic E-state index is 0.368. The highest BCUT2D eigenvalue weighted by atomic mass is 79.9. The SMILES string of the molecule is C[C@@H](NCc1cccc(C2CC2)c1)c1ccc(Br)cc1. The lowest BCUT2D eigenvalue weighted by molar-refractivity contribution is 0.574. The molecule has 0 radical (unpaired) electrons. The molecule has 1 atom stereocenters. The van der Waals surface area contributed by atoms with Crippen LogP contribution in [0, 0.1) is 0 Å². The van der Waals surface area contributed by atoms with Gasteiger partial charge in [0.1, 0.15) is 0 Å². The van der Waals surface area contributed by atoms with Gasteiger partial charge in [-0.2, -0.15) is 0 Å². The molecule has 1 aliphatic rings. The van der Waals surface area contributed by atoms with Gasteiger partial charge in [0, 0.05) is 17.1 Å². The summed E-state index contributed by atoms with van der Waals surface area (Å²) in [6.07, 6.45) is 2.73. The minimum Gasteiger partial charge on any atom is -0.306 e. The molecule has 0 spiro atoms. The summed E-state index contributed by atoms with van der Waals surface area (Å²) in [7, 11) is 0. The second kappa shape index (κ2) is 6.11. The normalized spacial score (nSPS) is 16.1. The molecule has 1 fully saturated rings. The summed E-state index contributed by atoms with van der Waals surface area (Å²) >= 11 is 3.48. The highest BCUT2D eigenvalue weighted by molar-refractivity contribution is 9.10. The molecule has 104 valence electrons. The summed E-state index contributed by atoms with van der Waals surface area (Å²) in [6, 6.07) is 17.9. The molecule has 1 N–H and O–H groups in total. The first-order valence-corrected chi connectivity index (χ1v) is 8.09. The summed E-state index contributed by atoms with van der Waals surface area (Å²) in [5, 5.41) is 3.61. The van der Waals surface area contributed by atoms with Gasteiger partial charge in [-0.3, -0.25) is 0 Å². The van der Waals surface area contributed by atoms with Crippen LogP contribution in [0.1, 0.15) is 48.4 Å². The maximum atomic E-state index is 3.61. The van der Waals surface area contributed by atoms with E-state index in [9.17, 15) is 0 Å². The number of benzene rings is 2. The molecule has 0 heterocycles. The van der Waals surface area contributed by atoms with E-state index < -0.39 is 0 Å². The summed E-state index contributed by atoms with van der Waals surface area (Å²) in [5.41, 5.74) is 4.23. The van der Waals surface area contributed by atoms with Crippen LogP contribution < -0.4 is 5.32 Å². The highest BCUT2D eigenvalue weighted by Gasteiger charge is 2.23. The van der Waals surface area contributed by atoms with Gasteiger partial charge in [-0.25, -0.2) is 0 Å². The van der Waals surface area contributed by atoms with Crippen LogP contribution in [0.2, 0.25) is 0 Å². The zero-order chi connectivity index (χ0) is 13.9. The first-order valence-electron chi connectivity index (χ1n) is 7.30. The van der Waals surface area contributed by atoms with Crippen LogP contribution in [-0.2, 0) is 6.54 Å². The summed E-state index contributed by atoms with van der Waals surface area (Å²) in [5.74, 6) is 0.832. The fraction of sp³-hybridized carbons (Fsp3) is 0.333. The standard InChI is InChI=1S/C18H20BrN/c1-13(15-7-9-18(19)10-8-15)20-12-14-3-2-4-17(11-14)16-5-6-16/h2-4,7-11,13,16,20H,5-6,12H2,1H3/t13-/m1/s1. The molecule has 0 aliphatic heterocycles. The zero-order valence-electron chi connectivity index (χ0n) is 11.8. The lowest BCUT2D eigenvalue weighted by Gasteiger charge is -2.15. The Kier molecular flexibility index (Phi) is 4.23. The van der Waals surface area contributed by atoms with E-state index in [1.54, 1.807) is 0 Å². The summed E-state index contributed by atoms with van der Waals surface area (Å²) < 4.78 is 1.13. The Morgan fingerprint density at radius 2 is 1.90 bits per heavy atom. The predicted molar refractivity (Wildman–Crippen MR) is 87.8 cm³/mol. The van der Waals surface area contributed by atoms with Crippen molar-refractivity contribution in [3.63, 3.8) is 0 Å². The molecule has 0 amide bonds. The molecule has 0 saturated heterocycles. The van der Waals surface area contributed by atoms with Gasteiger partial charge in [-0.15, -0.1) is 0 Å². The summed E-state index contributed by atoms with van der Waals surface area (Å²) in [6.45, 7) is 3.14. The van der Waals surface area contributed by atoms with E-state index in [0.29, 0.717) is 6.04 Å². The van der Waals surface area contributed by atoms with Crippen molar-refractivity contribution in [1.29, 1.82) is 0 Å². The second-order valence-electron chi connectivity index (χ2n) is 5.67. The molecular formula is C18H20BrN. The van der Waals surface area contributed by atoms with Gasteiger partial charge in [0.05, 0.1) is 0 Å². The van der Waals surface area contributed by atoms with Gasteiger partial charge < -0.3 is 5.32 Å². The van der Waals surface area contributed by atoms with Crippen molar-refractivity contribution in [2.45, 2.75) is 38.3 Å². The van der Waals surface area contributed by atoms with Gasteiger partial charge in [-0.05, 0) is 54.5 Å². The minimum absolute atomic E-state index is 0.368. The molecule has 1 nitrogen and oxygen atoms in total. The van der Waals surface area contributed by atoms with Gasteiger partial charge >= 0.3 is 0 Å². The molecule has 2 aromatic carbocycles. The van der Waals surface area contributed by atoms with Gasteiger partial charge in [0.2, 0.25) is 0 Å². The third-order valence-corrected chi connectivity index (χ3v) is 4.51. The molecule has 2 heteroatoms. The van der Waals surface area contributed by atoms with E-state index in [2.05, 4.69) is 76.7 Å². The Balaban J connectivity index is 1.61. The van der Waals surface area contributed by atoms with Crippen LogP contribution in [-0.4, -0.2) is 0 Å². The van der Waals surface area contributed by atoms with Crippen molar-refractivity contribution in [2.75, 3.05) is 0 Å². The topological polar surface area (TPSA) is 12.0 Å². The fourth-order valence-corrected chi connectivity index (χ4v) is 2.78. The van der Waals surface area contributed by atoms with Crippen molar-refractivity contribution in [1.82, 2.24) is 5.32 Å². The smallest absolute Gasteiger partial charge is 0.0294 e. The average Bonchev–Trinajstić information content (AvgIpc) is 3.30. The van der Waals surface area contributed by atoms with Crippen LogP contribution in [0.3, 0.4) is 0 Å². The maximum absolute atomic E-state index is 3.61. The Morgan fingerprint density at radius 1 is 1.15 bits per heavy atom. The molecule has 0 bridgehead atoms. The van der Waals surface area contributed by atoms with E-state index in [0.717, 1.165) is 16.9 Å². The summed E-state index contributed by atoms with van der Waals surface area (Å²) in [4.78, 5) is 0. The number of rotatable bonds is 5. The Morgan fingerprint density at radius 3 is 2.60 bits per heavy atom. The number of nitrogens with one attached hydrogen (secondary N) is 1. The molecule has 0 unspecified atom stereocenters. The van der Waals surface area contributed by atoms with Gasteiger partial charge in [0.25, 0.3) is 0 Å². The van der Waals surface area contributed by atoms with Crippen LogP contribution in [0.5, 0.6) is 0 Å². The largest absolute Gasteiger partial charge is 0.306 e. The van der Waals surface area contributed by atoms with Crippen molar-refractivity contribution in [3.8, 4) is 0 Å². The quantitative estimate of drug-likeness (QED) is 0.797. The van der Waals surface area contributed by atoms with E-state index in [-0.39, 0.29) is 0 Å². The van der Waals surface area contributed by atoms with E-state index in [4.69, 9.17) is 0 Å². The first-order chi connectivity index (χ1) is 9.72. The first kappa shape index (κ1) is 13.8. The third-order valence-electron chi connectivity index (χ3n) is 3.98. The highest BCUT2D eigenvalue weighted by Crippen LogP contribution is 2.40. The Labute approximate surface area is 129 Å². The van der Waals surface area contributed by atoms with Crippen LogP contribution in [0.25, 0.3) is 0 Å². The van der Waals surface area contributed by atoms with Crippen molar-refractivity contribution in [2.24, 2.45) is 0 Å². The molecule has 1 aliphatic carbocycles. The lowest BCUT2D eigenvalue weighted by Crippen LogP contribution is -2.18. The van der Waals surface area contributed by atoms with Gasteiger partial charge in [-0.1, -0.05) is 52.3 Å². The molecule has 20 heavy (non-hydrogen) atoms. The molecular weight excluding hydrogens is 310 g/mol. The molecule has 1 saturated carbocycles. The second-order valence-corrected chi connectivity index (χ2v) is 6.59. The lowest BCUT2D eigenvalue weighted by atomic mass is 10.1. The van der Waals surface area contributed by atoms with E-state index in [1.807, 2.05) is 0 Å². The van der Waals surface area contributed by atoms with Crippen molar-refractivity contribution >= 4 is 15.9 Å². The fourth-order valence-electron chi connectivity index (χ4n) is 2.51. The predicted octanol–water partition coefficient (Wildman–Crippen LogP) is 5.18. The monoisotopic (exact) mass is 329 g/mol. The average molecular weight is 330 g/mol. The van der Waals surface area contributed by atoms with Crippen molar-refractivity contribution < 1.29 is 0 Å². The number of hydrogen-bond donors (Lipinski definition) is 1. The van der Waals surface area contributed by atoms with Gasteiger partial charge in [0.15, 0.2) is 0 Å². The van der Waals surface area contributed by atoms with E-state index in [1.165, 1.54) is 29.5 Å². The molecule has 3 rings (SSSR count). The Bertz CT molecular complexity index is 572.